The van der Waals surface area contributed by atoms with Crippen molar-refractivity contribution in [2.45, 2.75) is 133 Å². The molecule has 2 aromatic rings. The molecule has 0 radical (unpaired) electrons. The first-order valence-electron chi connectivity index (χ1n) is 19.6. The van der Waals surface area contributed by atoms with Crippen LogP contribution in [0.5, 0.6) is 0 Å². The summed E-state index contributed by atoms with van der Waals surface area (Å²) in [7, 11) is 3.20. The number of amides is 4. The first-order valence-corrected chi connectivity index (χ1v) is 23.1. The minimum absolute atomic E-state index is 0.0107. The first kappa shape index (κ1) is 53.9. The number of carbonyl (C=O) groups is 4. The number of aliphatic imine (C=N–C) groups is 4. The van der Waals surface area contributed by atoms with Gasteiger partial charge in [0, 0.05) is 55.3 Å². The van der Waals surface area contributed by atoms with Gasteiger partial charge in [0.1, 0.15) is 21.8 Å². The Labute approximate surface area is 372 Å². The maximum Gasteiger partial charge on any atom is 0.273 e. The van der Waals surface area contributed by atoms with Gasteiger partial charge in [-0.25, -0.2) is 9.97 Å². The molecule has 2 aromatic heterocycles. The first-order chi connectivity index (χ1) is 28.2. The van der Waals surface area contributed by atoms with Crippen LogP contribution in [0.1, 0.15) is 105 Å². The van der Waals surface area contributed by atoms with Gasteiger partial charge in [-0.05, 0) is 120 Å². The molecular formula is C40H64N12O4S4. The number of aryl methyl sites for hydroxylation is 2. The summed E-state index contributed by atoms with van der Waals surface area (Å²) in [6, 6.07) is 0.471. The second-order valence-corrected chi connectivity index (χ2v) is 18.7. The summed E-state index contributed by atoms with van der Waals surface area (Å²) >= 11 is 5.95. The van der Waals surface area contributed by atoms with Gasteiger partial charge in [0.2, 0.25) is 5.91 Å². The molecule has 4 amide bonds. The number of carbonyl (C=O) groups excluding carboxylic acids is 4. The van der Waals surface area contributed by atoms with E-state index in [0.29, 0.717) is 22.9 Å². The lowest BCUT2D eigenvalue weighted by Crippen LogP contribution is -2.41. The maximum absolute atomic E-state index is 11.8. The van der Waals surface area contributed by atoms with E-state index in [1.807, 2.05) is 103 Å². The van der Waals surface area contributed by atoms with Gasteiger partial charge >= 0.3 is 0 Å². The monoisotopic (exact) mass is 904 g/mol. The molecule has 4 rings (SSSR count). The minimum atomic E-state index is -0.231. The number of nitrogens with zero attached hydrogens (tertiary/aromatic N) is 8. The van der Waals surface area contributed by atoms with E-state index < -0.39 is 0 Å². The highest BCUT2D eigenvalue weighted by molar-refractivity contribution is 8.14. The lowest BCUT2D eigenvalue weighted by Gasteiger charge is -2.14. The number of rotatable bonds is 12. The van der Waals surface area contributed by atoms with E-state index in [1.165, 1.54) is 23.1 Å². The molecule has 0 aromatic carbocycles. The summed E-state index contributed by atoms with van der Waals surface area (Å²) in [5.41, 5.74) is 2.14. The van der Waals surface area contributed by atoms with Crippen LogP contribution in [0.15, 0.2) is 37.7 Å². The van der Waals surface area contributed by atoms with E-state index >= 15 is 0 Å². The molecule has 2 aliphatic heterocycles. The maximum atomic E-state index is 11.8. The van der Waals surface area contributed by atoms with Crippen LogP contribution < -0.4 is 21.3 Å². The molecule has 2 aliphatic rings. The van der Waals surface area contributed by atoms with Crippen LogP contribution in [0.4, 0.5) is 0 Å². The van der Waals surface area contributed by atoms with Crippen molar-refractivity contribution in [3.8, 4) is 0 Å². The summed E-state index contributed by atoms with van der Waals surface area (Å²) in [6.45, 7) is 26.8. The normalized spacial score (nSPS) is 16.9. The Kier molecular flexibility index (Phi) is 24.8. The van der Waals surface area contributed by atoms with E-state index in [2.05, 4.69) is 60.0 Å². The zero-order valence-electron chi connectivity index (χ0n) is 37.9. The smallest absolute Gasteiger partial charge is 0.273 e. The fourth-order valence-electron chi connectivity index (χ4n) is 4.98. The topological polar surface area (TPSA) is 217 Å². The number of thioether (sulfide) groups is 2. The van der Waals surface area contributed by atoms with Crippen LogP contribution in [0.25, 0.3) is 5.57 Å². The molecule has 0 aliphatic carbocycles. The number of hydrogen-bond acceptors (Lipinski definition) is 16. The van der Waals surface area contributed by atoms with Crippen LogP contribution in [-0.2, 0) is 19.2 Å². The Morgan fingerprint density at radius 2 is 1.03 bits per heavy atom. The minimum Gasteiger partial charge on any atom is -0.350 e. The van der Waals surface area contributed by atoms with Gasteiger partial charge in [0.05, 0.1) is 21.7 Å². The average molecular weight is 905 g/mol. The quantitative estimate of drug-likeness (QED) is 0.151. The Bertz CT molecular complexity index is 1790. The highest BCUT2D eigenvalue weighted by Crippen LogP contribution is 2.23. The molecule has 16 nitrogen and oxygen atoms in total. The number of aromatic nitrogens is 4. The van der Waals surface area contributed by atoms with E-state index in [0.717, 1.165) is 37.2 Å². The van der Waals surface area contributed by atoms with Crippen LogP contribution in [0.3, 0.4) is 0 Å². The highest BCUT2D eigenvalue weighted by Gasteiger charge is 2.27. The van der Waals surface area contributed by atoms with Crippen LogP contribution in [0.2, 0.25) is 0 Å². The van der Waals surface area contributed by atoms with Gasteiger partial charge in [0.25, 0.3) is 17.7 Å². The lowest BCUT2D eigenvalue weighted by molar-refractivity contribution is -0.118. The lowest BCUT2D eigenvalue weighted by atomic mass is 10.1. The molecule has 0 fully saturated rings. The van der Waals surface area contributed by atoms with Gasteiger partial charge in [-0.3, -0.25) is 39.1 Å². The molecule has 0 saturated carbocycles. The van der Waals surface area contributed by atoms with Crippen molar-refractivity contribution in [1.29, 1.82) is 0 Å². The molecule has 0 bridgehead atoms. The molecule has 0 saturated heterocycles. The summed E-state index contributed by atoms with van der Waals surface area (Å²) in [5, 5.41) is 15.1. The van der Waals surface area contributed by atoms with Crippen molar-refractivity contribution in [2.24, 2.45) is 20.0 Å². The third-order valence-corrected chi connectivity index (χ3v) is 10.7. The SMILES string of the molecule is C/C=C(\C(=O)NC(C)C)C1CSC(C)=N1.C/C=C(\C(=O)NC(C)C)c1nsc(C)n1.CN=C(C(=O)NC(C)C)C1CSC(C)=N1.CN=C(C(=O)NC(C)C)c1nsc(C)n1. The third-order valence-electron chi connectivity index (χ3n) is 7.46. The molecule has 0 spiro atoms. The zero-order chi connectivity index (χ0) is 45.7. The Morgan fingerprint density at radius 3 is 1.40 bits per heavy atom. The Hall–Kier alpha value is -4.14. The van der Waals surface area contributed by atoms with Gasteiger partial charge in [-0.2, -0.15) is 8.75 Å². The van der Waals surface area contributed by atoms with E-state index in [-0.39, 0.29) is 65.6 Å². The second kappa shape index (κ2) is 27.7. The molecule has 332 valence electrons. The van der Waals surface area contributed by atoms with Crippen LogP contribution in [-0.4, -0.2) is 126 Å². The van der Waals surface area contributed by atoms with Crippen molar-refractivity contribution in [3.05, 3.63) is 39.4 Å². The largest absolute Gasteiger partial charge is 0.350 e. The number of allylic oxidation sites excluding steroid dienone is 2. The summed E-state index contributed by atoms with van der Waals surface area (Å²) in [5.74, 6) is 2.18. The van der Waals surface area contributed by atoms with Crippen molar-refractivity contribution in [3.63, 3.8) is 0 Å². The average Bonchev–Trinajstić information content (AvgIpc) is 3.96. The van der Waals surface area contributed by atoms with Gasteiger partial charge in [0.15, 0.2) is 17.4 Å². The van der Waals surface area contributed by atoms with Gasteiger partial charge < -0.3 is 21.3 Å². The number of nitrogens with one attached hydrogen (secondary N) is 4. The molecule has 2 atom stereocenters. The molecule has 4 N–H and O–H groups in total. The molecule has 4 heterocycles. The van der Waals surface area contributed by atoms with Crippen LogP contribution >= 0.6 is 46.6 Å². The van der Waals surface area contributed by atoms with Crippen molar-refractivity contribution in [2.75, 3.05) is 25.6 Å². The predicted molar refractivity (Wildman–Crippen MR) is 254 cm³/mol. The standard InChI is InChI=1S/C11H18N2OS.C10H17N3OS.C10H15N3OS.C9H14N4OS/c1-5-9(11(14)12-7(2)3)10-6-15-8(4)13-10;1-6(2)12-10(14)9(11-4)8-5-15-7(3)13-8;1-5-8(10(14)11-6(2)3)9-12-7(4)15-13-9;1-5(2)11-9(14)7(10-4)8-12-6(3)15-13-8/h5,7,10H,6H2,1-4H3,(H,12,14);6,8H,5H2,1-4H3,(H,12,14);5-6H,1-4H3,(H,11,14);5H,1-4H3,(H,11,14)/b9-5-;;8-5-;. The fourth-order valence-corrected chi connectivity index (χ4v) is 7.63. The van der Waals surface area contributed by atoms with Crippen molar-refractivity contribution < 1.29 is 19.2 Å². The molecular weight excluding hydrogens is 841 g/mol. The number of hydrogen-bond donors (Lipinski definition) is 4. The summed E-state index contributed by atoms with van der Waals surface area (Å²) in [4.78, 5) is 72.1. The van der Waals surface area contributed by atoms with E-state index in [4.69, 9.17) is 0 Å². The molecule has 2 unspecified atom stereocenters. The molecule has 60 heavy (non-hydrogen) atoms. The Balaban J connectivity index is 0.000000400. The van der Waals surface area contributed by atoms with Gasteiger partial charge in [-0.1, -0.05) is 12.2 Å². The summed E-state index contributed by atoms with van der Waals surface area (Å²) in [6.07, 6.45) is 3.60. The predicted octanol–water partition coefficient (Wildman–Crippen LogP) is 5.67. The van der Waals surface area contributed by atoms with Crippen molar-refractivity contribution in [1.82, 2.24) is 40.0 Å². The highest BCUT2D eigenvalue weighted by atomic mass is 32.2. The van der Waals surface area contributed by atoms with Crippen LogP contribution in [0, 0.1) is 13.8 Å². The Morgan fingerprint density at radius 1 is 0.600 bits per heavy atom. The van der Waals surface area contributed by atoms with E-state index in [1.54, 1.807) is 43.7 Å². The second-order valence-electron chi connectivity index (χ2n) is 14.4. The van der Waals surface area contributed by atoms with E-state index in [9.17, 15) is 19.2 Å². The third kappa shape index (κ3) is 19.5. The fraction of sp³-hybridized carbons (Fsp3) is 0.600. The van der Waals surface area contributed by atoms with Crippen molar-refractivity contribution >= 4 is 97.3 Å². The van der Waals surface area contributed by atoms with Gasteiger partial charge in [-0.15, -0.1) is 23.5 Å². The molecule has 20 heteroatoms. The zero-order valence-corrected chi connectivity index (χ0v) is 41.1. The summed E-state index contributed by atoms with van der Waals surface area (Å²) < 4.78 is 8.17.